The highest BCUT2D eigenvalue weighted by Crippen LogP contribution is 2.33. The molecule has 1 N–H and O–H groups in total. The monoisotopic (exact) mass is 334 g/mol. The molecule has 8 nitrogen and oxygen atoms in total. The van der Waals surface area contributed by atoms with E-state index in [9.17, 15) is 4.79 Å². The van der Waals surface area contributed by atoms with Gasteiger partial charge in [-0.05, 0) is 23.7 Å². The van der Waals surface area contributed by atoms with Gasteiger partial charge in [0, 0.05) is 17.6 Å². The van der Waals surface area contributed by atoms with Crippen LogP contribution in [0.5, 0.6) is 11.5 Å². The van der Waals surface area contributed by atoms with Crippen LogP contribution in [0.3, 0.4) is 0 Å². The number of benzene rings is 1. The van der Waals surface area contributed by atoms with Crippen LogP contribution >= 0.6 is 11.6 Å². The Kier molecular flexibility index (Phi) is 3.75. The zero-order valence-electron chi connectivity index (χ0n) is 12.1. The van der Waals surface area contributed by atoms with E-state index in [1.54, 1.807) is 12.1 Å². The van der Waals surface area contributed by atoms with E-state index in [-0.39, 0.29) is 11.0 Å². The minimum absolute atomic E-state index is 0.00657. The molecule has 0 fully saturated rings. The summed E-state index contributed by atoms with van der Waals surface area (Å²) in [5, 5.41) is 13.6. The quantitative estimate of drug-likeness (QED) is 0.730. The summed E-state index contributed by atoms with van der Waals surface area (Å²) in [5.74, 6) is 0.186. The van der Waals surface area contributed by atoms with Crippen LogP contribution in [-0.2, 0) is 0 Å². The fraction of sp³-hybridized carbons (Fsp3) is 0.143. The number of fused-ring (bicyclic) bond motifs is 1. The van der Waals surface area contributed by atoms with Crippen molar-refractivity contribution in [3.8, 4) is 17.3 Å². The number of carbonyl (C=O) groups is 1. The van der Waals surface area contributed by atoms with Crippen molar-refractivity contribution < 1.29 is 19.4 Å². The van der Waals surface area contributed by atoms with Gasteiger partial charge in [-0.25, -0.2) is 14.5 Å². The van der Waals surface area contributed by atoms with Crippen molar-refractivity contribution in [2.24, 2.45) is 0 Å². The smallest absolute Gasteiger partial charge is 0.356 e. The maximum atomic E-state index is 11.0. The van der Waals surface area contributed by atoms with Crippen molar-refractivity contribution in [3.05, 3.63) is 35.4 Å². The molecule has 0 aliphatic carbocycles. The fourth-order valence-corrected chi connectivity index (χ4v) is 2.31. The number of methoxy groups -OCH3 is 2. The van der Waals surface area contributed by atoms with Gasteiger partial charge in [0.15, 0.2) is 23.0 Å². The molecular weight excluding hydrogens is 324 g/mol. The van der Waals surface area contributed by atoms with Crippen molar-refractivity contribution in [2.75, 3.05) is 14.2 Å². The Morgan fingerprint density at radius 1 is 1.22 bits per heavy atom. The number of nitrogens with zero attached hydrogens (tertiary/aromatic N) is 4. The van der Waals surface area contributed by atoms with E-state index >= 15 is 0 Å². The van der Waals surface area contributed by atoms with Gasteiger partial charge in [-0.2, -0.15) is 10.1 Å². The second-order valence-corrected chi connectivity index (χ2v) is 4.83. The zero-order chi connectivity index (χ0) is 16.6. The molecule has 0 saturated heterocycles. The number of hydrogen-bond acceptors (Lipinski definition) is 6. The van der Waals surface area contributed by atoms with E-state index in [1.807, 2.05) is 0 Å². The number of aromatic carboxylic acids is 1. The van der Waals surface area contributed by atoms with E-state index in [4.69, 9.17) is 26.2 Å². The van der Waals surface area contributed by atoms with Crippen LogP contribution in [0.2, 0.25) is 5.28 Å². The largest absolute Gasteiger partial charge is 0.493 e. The summed E-state index contributed by atoms with van der Waals surface area (Å²) in [6, 6.07) is 4.71. The predicted molar refractivity (Wildman–Crippen MR) is 81.7 cm³/mol. The van der Waals surface area contributed by atoms with Crippen LogP contribution in [0.25, 0.3) is 16.7 Å². The van der Waals surface area contributed by atoms with Gasteiger partial charge in [-0.3, -0.25) is 0 Å². The summed E-state index contributed by atoms with van der Waals surface area (Å²) in [7, 11) is 3.02. The maximum absolute atomic E-state index is 11.0. The Morgan fingerprint density at radius 2 is 1.91 bits per heavy atom. The first-order chi connectivity index (χ1) is 11.0. The Hall–Kier alpha value is -2.87. The Balaban J connectivity index is 2.28. The average molecular weight is 335 g/mol. The molecule has 3 aromatic rings. The highest BCUT2D eigenvalue weighted by atomic mass is 35.5. The summed E-state index contributed by atoms with van der Waals surface area (Å²) in [5.41, 5.74) is 0.415. The average Bonchev–Trinajstić information content (AvgIpc) is 3.02. The minimum Gasteiger partial charge on any atom is -0.493 e. The summed E-state index contributed by atoms with van der Waals surface area (Å²) < 4.78 is 11.8. The van der Waals surface area contributed by atoms with Crippen molar-refractivity contribution in [1.29, 1.82) is 0 Å². The number of rotatable bonds is 4. The van der Waals surface area contributed by atoms with Gasteiger partial charge < -0.3 is 14.6 Å². The number of hydrogen-bond donors (Lipinski definition) is 1. The van der Waals surface area contributed by atoms with Crippen LogP contribution in [0.4, 0.5) is 0 Å². The molecule has 0 radical (unpaired) electrons. The molecule has 2 heterocycles. The number of carboxylic acid groups (broad SMARTS) is 1. The molecule has 0 spiro atoms. The summed E-state index contributed by atoms with van der Waals surface area (Å²) in [6.45, 7) is 0. The van der Waals surface area contributed by atoms with Gasteiger partial charge in [-0.15, -0.1) is 0 Å². The van der Waals surface area contributed by atoms with Gasteiger partial charge in [0.1, 0.15) is 0 Å². The molecule has 3 rings (SSSR count). The standard InChI is InChI=1S/C14H11ClN4O4/c1-22-10-5-7-9(6-11(10)23-2)16-14(15)17-12(7)19-4-3-8(18-19)13(20)21/h3-6H,1-2H3,(H,20,21). The molecule has 0 amide bonds. The molecule has 0 aliphatic heterocycles. The van der Waals surface area contributed by atoms with Crippen LogP contribution < -0.4 is 9.47 Å². The number of ether oxygens (including phenoxy) is 2. The summed E-state index contributed by atoms with van der Waals surface area (Å²) >= 11 is 5.96. The predicted octanol–water partition coefficient (Wildman–Crippen LogP) is 2.18. The molecule has 0 bridgehead atoms. The molecular formula is C14H11ClN4O4. The number of carboxylic acids is 1. The summed E-state index contributed by atoms with van der Waals surface area (Å²) in [6.07, 6.45) is 1.48. The Morgan fingerprint density at radius 3 is 2.52 bits per heavy atom. The third-order valence-electron chi connectivity index (χ3n) is 3.18. The maximum Gasteiger partial charge on any atom is 0.356 e. The molecule has 2 aromatic heterocycles. The molecule has 0 unspecified atom stereocenters. The molecule has 118 valence electrons. The first-order valence-corrected chi connectivity index (χ1v) is 6.80. The minimum atomic E-state index is -1.13. The lowest BCUT2D eigenvalue weighted by Gasteiger charge is -2.11. The molecule has 9 heteroatoms. The van der Waals surface area contributed by atoms with E-state index in [1.165, 1.54) is 31.2 Å². The van der Waals surface area contributed by atoms with Gasteiger partial charge in [0.25, 0.3) is 0 Å². The zero-order valence-corrected chi connectivity index (χ0v) is 12.9. The van der Waals surface area contributed by atoms with Gasteiger partial charge in [0.05, 0.1) is 19.7 Å². The topological polar surface area (TPSA) is 99.4 Å². The molecule has 0 atom stereocenters. The third kappa shape index (κ3) is 2.64. The third-order valence-corrected chi connectivity index (χ3v) is 3.35. The first-order valence-electron chi connectivity index (χ1n) is 6.42. The van der Waals surface area contributed by atoms with E-state index in [2.05, 4.69) is 15.1 Å². The van der Waals surface area contributed by atoms with Crippen molar-refractivity contribution >= 4 is 28.5 Å². The van der Waals surface area contributed by atoms with E-state index in [0.717, 1.165) is 0 Å². The first kappa shape index (κ1) is 15.0. The van der Waals surface area contributed by atoms with Crippen molar-refractivity contribution in [3.63, 3.8) is 0 Å². The molecule has 1 aromatic carbocycles. The van der Waals surface area contributed by atoms with Gasteiger partial charge >= 0.3 is 5.97 Å². The molecule has 0 saturated carbocycles. The van der Waals surface area contributed by atoms with Crippen LogP contribution in [0.1, 0.15) is 10.5 Å². The lowest BCUT2D eigenvalue weighted by atomic mass is 10.2. The number of halogens is 1. The van der Waals surface area contributed by atoms with Crippen molar-refractivity contribution in [1.82, 2.24) is 19.7 Å². The van der Waals surface area contributed by atoms with Crippen LogP contribution in [-0.4, -0.2) is 45.0 Å². The lowest BCUT2D eigenvalue weighted by Crippen LogP contribution is -2.05. The van der Waals surface area contributed by atoms with E-state index in [0.29, 0.717) is 28.2 Å². The highest BCUT2D eigenvalue weighted by Gasteiger charge is 2.16. The highest BCUT2D eigenvalue weighted by molar-refractivity contribution is 6.28. The molecule has 23 heavy (non-hydrogen) atoms. The SMILES string of the molecule is COc1cc2nc(Cl)nc(-n3ccc(C(=O)O)n3)c2cc1OC. The van der Waals surface area contributed by atoms with Gasteiger partial charge in [0.2, 0.25) is 5.28 Å². The Bertz CT molecular complexity index is 909. The van der Waals surface area contributed by atoms with Gasteiger partial charge in [-0.1, -0.05) is 0 Å². The lowest BCUT2D eigenvalue weighted by molar-refractivity contribution is 0.0690. The second-order valence-electron chi connectivity index (χ2n) is 4.49. The van der Waals surface area contributed by atoms with E-state index < -0.39 is 5.97 Å². The van der Waals surface area contributed by atoms with Crippen molar-refractivity contribution in [2.45, 2.75) is 0 Å². The molecule has 0 aliphatic rings. The summed E-state index contributed by atoms with van der Waals surface area (Å²) in [4.78, 5) is 19.3. The normalized spacial score (nSPS) is 10.7. The van der Waals surface area contributed by atoms with Crippen LogP contribution in [0.15, 0.2) is 24.4 Å². The Labute approximate surface area is 135 Å². The van der Waals surface area contributed by atoms with Crippen LogP contribution in [0, 0.1) is 0 Å². The fourth-order valence-electron chi connectivity index (χ4n) is 2.14. The second kappa shape index (κ2) is 5.73. The number of aromatic nitrogens is 4.